The van der Waals surface area contributed by atoms with Crippen LogP contribution in [0.15, 0.2) is 34.0 Å². The zero-order chi connectivity index (χ0) is 17.5. The maximum absolute atomic E-state index is 12.3. The average molecular weight is 369 g/mol. The SMILES string of the molecule is CCC1OC(CCN=C(N)N)=NP(c2ccccc2Cl)CCC1=O. The molecule has 2 atom stereocenters. The third-order valence-electron chi connectivity index (χ3n) is 3.56. The van der Waals surface area contributed by atoms with Gasteiger partial charge in [0.2, 0.25) is 0 Å². The Kier molecular flexibility index (Phi) is 7.00. The summed E-state index contributed by atoms with van der Waals surface area (Å²) in [5.41, 5.74) is 10.7. The van der Waals surface area contributed by atoms with E-state index in [1.807, 2.05) is 31.2 Å². The molecule has 1 aliphatic heterocycles. The number of nitrogens with zero attached hydrogens (tertiary/aromatic N) is 2. The zero-order valence-electron chi connectivity index (χ0n) is 13.6. The van der Waals surface area contributed by atoms with Crippen LogP contribution in [-0.4, -0.2) is 36.5 Å². The van der Waals surface area contributed by atoms with Crippen molar-refractivity contribution < 1.29 is 9.53 Å². The summed E-state index contributed by atoms with van der Waals surface area (Å²) >= 11 is 6.30. The van der Waals surface area contributed by atoms with E-state index < -0.39 is 14.2 Å². The Hall–Kier alpha value is -1.65. The first kappa shape index (κ1) is 18.7. The number of rotatable bonds is 5. The van der Waals surface area contributed by atoms with E-state index in [4.69, 9.17) is 32.6 Å². The maximum atomic E-state index is 12.3. The standard InChI is InChI=1S/C16H22ClN4O2P/c1-2-13-12(22)8-10-24(14-6-4-3-5-11(14)17)21-15(23-13)7-9-20-16(18)19/h3-6,13H,2,7-10H2,1H3,(H4,18,19,20). The van der Waals surface area contributed by atoms with Gasteiger partial charge in [0, 0.05) is 18.1 Å². The Morgan fingerprint density at radius 2 is 2.21 bits per heavy atom. The fraction of sp³-hybridized carbons (Fsp3) is 0.438. The second-order valence-corrected chi connectivity index (χ2v) is 7.69. The fourth-order valence-corrected chi connectivity index (χ4v) is 4.66. The van der Waals surface area contributed by atoms with Crippen LogP contribution in [-0.2, 0) is 9.53 Å². The predicted molar refractivity (Wildman–Crippen MR) is 100 cm³/mol. The maximum Gasteiger partial charge on any atom is 0.189 e. The minimum absolute atomic E-state index is 0.0259. The molecule has 1 aromatic carbocycles. The third-order valence-corrected chi connectivity index (χ3v) is 6.08. The summed E-state index contributed by atoms with van der Waals surface area (Å²) < 4.78 is 10.6. The Labute approximate surface area is 148 Å². The first-order valence-corrected chi connectivity index (χ1v) is 9.71. The highest BCUT2D eigenvalue weighted by Crippen LogP contribution is 2.41. The normalized spacial score (nSPS) is 21.2. The number of benzene rings is 1. The quantitative estimate of drug-likeness (QED) is 0.472. The topological polar surface area (TPSA) is 103 Å². The van der Waals surface area contributed by atoms with E-state index in [2.05, 4.69) is 4.99 Å². The van der Waals surface area contributed by atoms with Gasteiger partial charge in [-0.15, -0.1) is 0 Å². The number of aliphatic imine (C=N–C) groups is 1. The summed E-state index contributed by atoms with van der Waals surface area (Å²) in [6.45, 7) is 2.30. The Bertz CT molecular complexity index is 647. The van der Waals surface area contributed by atoms with Crippen molar-refractivity contribution in [3.8, 4) is 0 Å². The van der Waals surface area contributed by atoms with E-state index in [0.29, 0.717) is 42.9 Å². The van der Waals surface area contributed by atoms with Gasteiger partial charge in [-0.1, -0.05) is 36.7 Å². The summed E-state index contributed by atoms with van der Waals surface area (Å²) in [5.74, 6) is 0.648. The van der Waals surface area contributed by atoms with Crippen molar-refractivity contribution in [3.63, 3.8) is 0 Å². The fourth-order valence-electron chi connectivity index (χ4n) is 2.35. The van der Waals surface area contributed by atoms with Gasteiger partial charge in [0.05, 0.1) is 19.6 Å². The number of nitrogens with two attached hydrogens (primary N) is 2. The van der Waals surface area contributed by atoms with Gasteiger partial charge < -0.3 is 16.2 Å². The van der Waals surface area contributed by atoms with E-state index in [1.54, 1.807) is 0 Å². The second-order valence-electron chi connectivity index (χ2n) is 5.36. The van der Waals surface area contributed by atoms with Crippen molar-refractivity contribution in [2.45, 2.75) is 32.3 Å². The number of hydrogen-bond acceptors (Lipinski definition) is 4. The number of carbonyl (C=O) groups is 1. The smallest absolute Gasteiger partial charge is 0.189 e. The molecular formula is C16H22ClN4O2P. The largest absolute Gasteiger partial charge is 0.470 e. The summed E-state index contributed by atoms with van der Waals surface area (Å²) in [5, 5.41) is 1.62. The lowest BCUT2D eigenvalue weighted by Gasteiger charge is -2.24. The third kappa shape index (κ3) is 5.18. The van der Waals surface area contributed by atoms with Crippen LogP contribution >= 0.6 is 19.7 Å². The summed E-state index contributed by atoms with van der Waals surface area (Å²) in [6.07, 6.45) is 1.73. The van der Waals surface area contributed by atoms with Gasteiger partial charge in [-0.2, -0.15) is 0 Å². The van der Waals surface area contributed by atoms with Gasteiger partial charge in [0.15, 0.2) is 23.7 Å². The molecular weight excluding hydrogens is 347 g/mol. The molecule has 0 radical (unpaired) electrons. The van der Waals surface area contributed by atoms with Crippen molar-refractivity contribution in [2.75, 3.05) is 12.7 Å². The highest BCUT2D eigenvalue weighted by Gasteiger charge is 2.26. The monoisotopic (exact) mass is 368 g/mol. The molecule has 0 aliphatic carbocycles. The van der Waals surface area contributed by atoms with Crippen molar-refractivity contribution in [1.82, 2.24) is 0 Å². The van der Waals surface area contributed by atoms with Gasteiger partial charge in [-0.25, -0.2) is 4.76 Å². The van der Waals surface area contributed by atoms with E-state index >= 15 is 0 Å². The van der Waals surface area contributed by atoms with E-state index in [0.717, 1.165) is 5.30 Å². The molecule has 2 unspecified atom stereocenters. The minimum atomic E-state index is -0.954. The highest BCUT2D eigenvalue weighted by atomic mass is 35.5. The van der Waals surface area contributed by atoms with Crippen molar-refractivity contribution >= 4 is 42.6 Å². The number of guanidine groups is 1. The highest BCUT2D eigenvalue weighted by molar-refractivity contribution is 7.64. The van der Waals surface area contributed by atoms with Crippen LogP contribution in [0, 0.1) is 0 Å². The molecule has 2 rings (SSSR count). The number of Topliss-reactive ketones (excluding diaryl/α,β-unsaturated/α-hetero) is 1. The molecule has 130 valence electrons. The van der Waals surface area contributed by atoms with Gasteiger partial charge in [-0.05, 0) is 18.6 Å². The number of halogens is 1. The van der Waals surface area contributed by atoms with Crippen LogP contribution in [0.5, 0.6) is 0 Å². The molecule has 1 aromatic rings. The van der Waals surface area contributed by atoms with Crippen LogP contribution in [0.3, 0.4) is 0 Å². The number of carbonyl (C=O) groups excluding carboxylic acids is 1. The number of ketones is 1. The molecule has 0 aromatic heterocycles. The molecule has 8 heteroatoms. The Morgan fingerprint density at radius 1 is 1.46 bits per heavy atom. The second kappa shape index (κ2) is 9.00. The predicted octanol–water partition coefficient (Wildman–Crippen LogP) is 2.19. The summed E-state index contributed by atoms with van der Waals surface area (Å²) in [6, 6.07) is 7.59. The number of ether oxygens (including phenoxy) is 1. The van der Waals surface area contributed by atoms with E-state index in [1.165, 1.54) is 0 Å². The first-order valence-electron chi connectivity index (χ1n) is 7.85. The Morgan fingerprint density at radius 3 is 2.88 bits per heavy atom. The Balaban J connectivity index is 2.28. The van der Waals surface area contributed by atoms with Crippen LogP contribution in [0.4, 0.5) is 0 Å². The van der Waals surface area contributed by atoms with E-state index in [-0.39, 0.29) is 11.7 Å². The molecule has 0 saturated carbocycles. The van der Waals surface area contributed by atoms with Gasteiger partial charge >= 0.3 is 0 Å². The molecule has 0 bridgehead atoms. The molecule has 1 heterocycles. The molecule has 6 nitrogen and oxygen atoms in total. The van der Waals surface area contributed by atoms with Crippen LogP contribution in [0.2, 0.25) is 5.02 Å². The van der Waals surface area contributed by atoms with Gasteiger partial charge in [0.25, 0.3) is 0 Å². The van der Waals surface area contributed by atoms with Gasteiger partial charge in [-0.3, -0.25) is 9.79 Å². The molecule has 0 amide bonds. The van der Waals surface area contributed by atoms with Crippen molar-refractivity contribution in [3.05, 3.63) is 29.3 Å². The molecule has 0 fully saturated rings. The first-order chi connectivity index (χ1) is 11.5. The van der Waals surface area contributed by atoms with Crippen molar-refractivity contribution in [1.29, 1.82) is 0 Å². The van der Waals surface area contributed by atoms with Crippen LogP contribution in [0.25, 0.3) is 0 Å². The van der Waals surface area contributed by atoms with Crippen molar-refractivity contribution in [2.24, 2.45) is 21.2 Å². The van der Waals surface area contributed by atoms with Crippen LogP contribution in [0.1, 0.15) is 26.2 Å². The summed E-state index contributed by atoms with van der Waals surface area (Å²) in [4.78, 5) is 16.3. The van der Waals surface area contributed by atoms with E-state index in [9.17, 15) is 4.79 Å². The lowest BCUT2D eigenvalue weighted by molar-refractivity contribution is -0.126. The lowest BCUT2D eigenvalue weighted by Crippen LogP contribution is -2.30. The molecule has 24 heavy (non-hydrogen) atoms. The van der Waals surface area contributed by atoms with Crippen LogP contribution < -0.4 is 16.8 Å². The lowest BCUT2D eigenvalue weighted by atomic mass is 10.1. The molecule has 0 saturated heterocycles. The molecule has 0 spiro atoms. The molecule has 1 aliphatic rings. The minimum Gasteiger partial charge on any atom is -0.470 e. The van der Waals surface area contributed by atoms with Gasteiger partial charge in [0.1, 0.15) is 0 Å². The number of hydrogen-bond donors (Lipinski definition) is 2. The zero-order valence-corrected chi connectivity index (χ0v) is 15.3. The average Bonchev–Trinajstić information content (AvgIpc) is 2.54. The summed E-state index contributed by atoms with van der Waals surface area (Å²) in [7, 11) is -0.954. The molecule has 4 N–H and O–H groups in total.